The Morgan fingerprint density at radius 1 is 0.887 bits per heavy atom. The van der Waals surface area contributed by atoms with Crippen LogP contribution in [-0.2, 0) is 21.7 Å². The van der Waals surface area contributed by atoms with Gasteiger partial charge in [-0.3, -0.25) is 9.69 Å². The molecule has 5 N–H and O–H groups in total. The second-order valence-electron chi connectivity index (χ2n) is 13.8. The summed E-state index contributed by atoms with van der Waals surface area (Å²) in [5.74, 6) is 0.0492. The molecule has 2 heterocycles. The summed E-state index contributed by atoms with van der Waals surface area (Å²) < 4.78 is 11.9. The van der Waals surface area contributed by atoms with Gasteiger partial charge in [0.15, 0.2) is 0 Å². The third-order valence-electron chi connectivity index (χ3n) is 10.0. The molecule has 1 saturated heterocycles. The molecule has 53 heavy (non-hydrogen) atoms. The fraction of sp³-hybridized carbons (Fsp3) is 0.349. The summed E-state index contributed by atoms with van der Waals surface area (Å²) >= 11 is 0. The van der Waals surface area contributed by atoms with Crippen molar-refractivity contribution in [2.24, 2.45) is 5.92 Å². The van der Waals surface area contributed by atoms with Crippen molar-refractivity contribution in [2.45, 2.75) is 50.4 Å². The summed E-state index contributed by atoms with van der Waals surface area (Å²) in [6.45, 7) is 4.51. The standard InChI is InChI=1S/C43H49N3O7/c47-38-19-17-36(37-18-20-40(49)45-41(37)38)39(48)28-44-23-8-3-9-26-52-35-16-10-15-34(27-35)43(51,33-13-6-2-7-14-33)42(50)53-30-32-21-24-46(25-22-32)29-31-11-4-1-5-12-31/h1-2,4-7,10-20,27,32,39,44,47-48,51H,3,8-9,21-26,28-30H2,(H,45,49). The number of carbonyl (C=O) groups excluding carboxylic acids is 1. The number of aliphatic hydroxyl groups is 2. The lowest BCUT2D eigenvalue weighted by atomic mass is 9.86. The number of fused-ring (bicyclic) bond motifs is 1. The average Bonchev–Trinajstić information content (AvgIpc) is 3.19. The molecule has 1 aliphatic heterocycles. The Hall–Kier alpha value is -5.00. The number of phenols is 1. The predicted octanol–water partition coefficient (Wildman–Crippen LogP) is 5.80. The van der Waals surface area contributed by atoms with Crippen LogP contribution in [0.5, 0.6) is 11.5 Å². The van der Waals surface area contributed by atoms with E-state index in [2.05, 4.69) is 39.5 Å². The van der Waals surface area contributed by atoms with E-state index in [0.29, 0.717) is 53.0 Å². The van der Waals surface area contributed by atoms with Crippen molar-refractivity contribution in [1.82, 2.24) is 15.2 Å². The first kappa shape index (κ1) is 37.7. The average molecular weight is 720 g/mol. The van der Waals surface area contributed by atoms with Crippen LogP contribution in [0, 0.1) is 5.92 Å². The van der Waals surface area contributed by atoms with E-state index in [9.17, 15) is 24.9 Å². The number of nitrogens with one attached hydrogen (secondary N) is 2. The first-order valence-corrected chi connectivity index (χ1v) is 18.5. The number of H-pyrrole nitrogens is 1. The predicted molar refractivity (Wildman–Crippen MR) is 205 cm³/mol. The number of rotatable bonds is 17. The third-order valence-corrected chi connectivity index (χ3v) is 10.0. The van der Waals surface area contributed by atoms with Crippen LogP contribution in [0.25, 0.3) is 10.9 Å². The van der Waals surface area contributed by atoms with Crippen molar-refractivity contribution >= 4 is 16.9 Å². The number of pyridine rings is 1. The first-order valence-electron chi connectivity index (χ1n) is 18.5. The zero-order valence-corrected chi connectivity index (χ0v) is 30.0. The number of aromatic hydroxyl groups is 1. The maximum Gasteiger partial charge on any atom is 0.347 e. The van der Waals surface area contributed by atoms with Gasteiger partial charge in [0.1, 0.15) is 11.5 Å². The van der Waals surface area contributed by atoms with Crippen molar-refractivity contribution in [3.63, 3.8) is 0 Å². The van der Waals surface area contributed by atoms with Crippen LogP contribution in [0.3, 0.4) is 0 Å². The van der Waals surface area contributed by atoms with Crippen LogP contribution in [0.15, 0.2) is 114 Å². The van der Waals surface area contributed by atoms with Gasteiger partial charge in [-0.2, -0.15) is 0 Å². The lowest BCUT2D eigenvalue weighted by molar-refractivity contribution is -0.164. The summed E-state index contributed by atoms with van der Waals surface area (Å²) in [5.41, 5.74) is 0.742. The number of hydrogen-bond donors (Lipinski definition) is 5. The number of ether oxygens (including phenoxy) is 2. The van der Waals surface area contributed by atoms with Gasteiger partial charge in [0, 0.05) is 30.1 Å². The Bertz CT molecular complexity index is 1980. The van der Waals surface area contributed by atoms with E-state index in [1.165, 1.54) is 17.7 Å². The van der Waals surface area contributed by atoms with Crippen LogP contribution in [0.2, 0.25) is 0 Å². The summed E-state index contributed by atoms with van der Waals surface area (Å²) in [6.07, 6.45) is 3.58. The maximum atomic E-state index is 13.7. The fourth-order valence-corrected chi connectivity index (χ4v) is 6.96. The Balaban J connectivity index is 0.960. The molecule has 6 rings (SSSR count). The molecule has 1 aliphatic rings. The quantitative estimate of drug-likeness (QED) is 0.0596. The number of likely N-dealkylation sites (tertiary alicyclic amines) is 1. The van der Waals surface area contributed by atoms with E-state index in [-0.39, 0.29) is 23.8 Å². The molecule has 10 heteroatoms. The first-order chi connectivity index (χ1) is 25.8. The number of hydrogen-bond acceptors (Lipinski definition) is 9. The van der Waals surface area contributed by atoms with Gasteiger partial charge in [0.2, 0.25) is 11.2 Å². The smallest absolute Gasteiger partial charge is 0.347 e. The van der Waals surface area contributed by atoms with Gasteiger partial charge in [-0.25, -0.2) is 4.79 Å². The zero-order chi connectivity index (χ0) is 37.0. The molecule has 0 bridgehead atoms. The summed E-state index contributed by atoms with van der Waals surface area (Å²) in [4.78, 5) is 30.5. The minimum Gasteiger partial charge on any atom is -0.506 e. The number of aromatic amines is 1. The molecule has 0 aliphatic carbocycles. The van der Waals surface area contributed by atoms with Crippen molar-refractivity contribution in [2.75, 3.05) is 39.4 Å². The van der Waals surface area contributed by atoms with Crippen LogP contribution in [0.4, 0.5) is 0 Å². The Kier molecular flexibility index (Phi) is 12.9. The number of piperidine rings is 1. The highest BCUT2D eigenvalue weighted by atomic mass is 16.5. The molecular formula is C43H49N3O7. The monoisotopic (exact) mass is 719 g/mol. The van der Waals surface area contributed by atoms with Gasteiger partial charge < -0.3 is 35.1 Å². The van der Waals surface area contributed by atoms with Crippen LogP contribution >= 0.6 is 0 Å². The second-order valence-corrected chi connectivity index (χ2v) is 13.8. The number of aromatic nitrogens is 1. The molecule has 0 spiro atoms. The van der Waals surface area contributed by atoms with Crippen molar-refractivity contribution in [3.05, 3.63) is 142 Å². The molecular weight excluding hydrogens is 670 g/mol. The number of unbranched alkanes of at least 4 members (excludes halogenated alkanes) is 2. The molecule has 4 aromatic carbocycles. The van der Waals surface area contributed by atoms with E-state index >= 15 is 0 Å². The van der Waals surface area contributed by atoms with Gasteiger partial charge in [0.05, 0.1) is 24.8 Å². The number of phenolic OH excluding ortho intramolecular Hbond substituents is 1. The van der Waals surface area contributed by atoms with Crippen molar-refractivity contribution < 1.29 is 29.6 Å². The number of nitrogens with zero attached hydrogens (tertiary/aromatic N) is 1. The zero-order valence-electron chi connectivity index (χ0n) is 30.0. The van der Waals surface area contributed by atoms with E-state index in [4.69, 9.17) is 9.47 Å². The molecule has 0 radical (unpaired) electrons. The van der Waals surface area contributed by atoms with E-state index < -0.39 is 17.7 Å². The molecule has 0 amide bonds. The Morgan fingerprint density at radius 2 is 1.62 bits per heavy atom. The Morgan fingerprint density at radius 3 is 2.40 bits per heavy atom. The highest BCUT2D eigenvalue weighted by Gasteiger charge is 2.42. The van der Waals surface area contributed by atoms with Gasteiger partial charge in [0.25, 0.3) is 0 Å². The fourth-order valence-electron chi connectivity index (χ4n) is 6.96. The van der Waals surface area contributed by atoms with Crippen molar-refractivity contribution in [3.8, 4) is 11.5 Å². The van der Waals surface area contributed by atoms with Gasteiger partial charge >= 0.3 is 5.97 Å². The normalized spacial score (nSPS) is 15.5. The number of aliphatic hydroxyl groups excluding tert-OH is 1. The molecule has 2 atom stereocenters. The highest BCUT2D eigenvalue weighted by molar-refractivity contribution is 5.87. The van der Waals surface area contributed by atoms with Gasteiger partial charge in [-0.05, 0) is 98.6 Å². The minimum atomic E-state index is -1.99. The largest absolute Gasteiger partial charge is 0.506 e. The number of carbonyl (C=O) groups is 1. The topological polar surface area (TPSA) is 144 Å². The molecule has 10 nitrogen and oxygen atoms in total. The number of benzene rings is 4. The summed E-state index contributed by atoms with van der Waals surface area (Å²) in [6, 6.07) is 32.5. The van der Waals surface area contributed by atoms with Crippen molar-refractivity contribution in [1.29, 1.82) is 0 Å². The molecule has 1 fully saturated rings. The van der Waals surface area contributed by atoms with Crippen LogP contribution < -0.4 is 15.6 Å². The maximum absolute atomic E-state index is 13.7. The third kappa shape index (κ3) is 9.71. The highest BCUT2D eigenvalue weighted by Crippen LogP contribution is 2.34. The lowest BCUT2D eigenvalue weighted by Crippen LogP contribution is -2.40. The van der Waals surface area contributed by atoms with Gasteiger partial charge in [-0.15, -0.1) is 0 Å². The lowest BCUT2D eigenvalue weighted by Gasteiger charge is -2.33. The van der Waals surface area contributed by atoms with Gasteiger partial charge in [-0.1, -0.05) is 78.9 Å². The second kappa shape index (κ2) is 18.2. The molecule has 5 aromatic rings. The minimum absolute atomic E-state index is 0.0400. The molecule has 2 unspecified atom stereocenters. The summed E-state index contributed by atoms with van der Waals surface area (Å²) in [5, 5.41) is 36.8. The van der Waals surface area contributed by atoms with E-state index in [0.717, 1.165) is 51.7 Å². The van der Waals surface area contributed by atoms with Crippen LogP contribution in [-0.4, -0.2) is 70.6 Å². The summed E-state index contributed by atoms with van der Waals surface area (Å²) in [7, 11) is 0. The molecule has 278 valence electrons. The SMILES string of the molecule is O=C(OCC1CCN(Cc2ccccc2)CC1)C(O)(c1ccccc1)c1cccc(OCCCCCNCC(O)c2ccc(O)c3[nH]c(=O)ccc23)c1. The molecule has 1 aromatic heterocycles. The van der Waals surface area contributed by atoms with E-state index in [1.807, 2.05) is 18.2 Å². The number of esters is 1. The van der Waals surface area contributed by atoms with Crippen LogP contribution in [0.1, 0.15) is 60.5 Å². The molecule has 0 saturated carbocycles. The van der Waals surface area contributed by atoms with E-state index in [1.54, 1.807) is 54.6 Å². The Labute approximate surface area is 310 Å².